The van der Waals surface area contributed by atoms with E-state index in [-0.39, 0.29) is 12.0 Å². The third kappa shape index (κ3) is 5.06. The predicted molar refractivity (Wildman–Crippen MR) is 87.7 cm³/mol. The van der Waals surface area contributed by atoms with Crippen molar-refractivity contribution < 1.29 is 27.9 Å². The molecule has 4 N–H and O–H groups in total. The lowest BCUT2D eigenvalue weighted by molar-refractivity contribution is -0.137. The summed E-state index contributed by atoms with van der Waals surface area (Å²) < 4.78 is 37.7. The molecule has 2 aromatic carbocycles. The first-order chi connectivity index (χ1) is 12.2. The molecule has 26 heavy (non-hydrogen) atoms. The molecule has 0 saturated heterocycles. The van der Waals surface area contributed by atoms with Crippen LogP contribution < -0.4 is 11.1 Å². The summed E-state index contributed by atoms with van der Waals surface area (Å²) in [4.78, 5) is 23.7. The number of hydrogen-bond acceptors (Lipinski definition) is 3. The number of benzene rings is 2. The van der Waals surface area contributed by atoms with Crippen LogP contribution in [0.1, 0.15) is 22.8 Å². The van der Waals surface area contributed by atoms with E-state index in [0.717, 1.165) is 29.8 Å². The van der Waals surface area contributed by atoms with Crippen LogP contribution in [0.5, 0.6) is 0 Å². The van der Waals surface area contributed by atoms with E-state index in [9.17, 15) is 27.9 Å². The number of halogens is 3. The molecule has 0 aliphatic heterocycles. The zero-order valence-electron chi connectivity index (χ0n) is 13.5. The van der Waals surface area contributed by atoms with Crippen LogP contribution in [0.4, 0.5) is 13.2 Å². The van der Waals surface area contributed by atoms with Gasteiger partial charge in [0.25, 0.3) is 5.91 Å². The quantitative estimate of drug-likeness (QED) is 0.730. The van der Waals surface area contributed by atoms with Gasteiger partial charge < -0.3 is 16.2 Å². The second-order valence-corrected chi connectivity index (χ2v) is 5.68. The van der Waals surface area contributed by atoms with E-state index in [0.29, 0.717) is 0 Å². The van der Waals surface area contributed by atoms with Crippen LogP contribution >= 0.6 is 0 Å². The molecular formula is C18H17F3N2O3. The maximum atomic E-state index is 12.6. The minimum Gasteiger partial charge on any atom is -0.378 e. The van der Waals surface area contributed by atoms with Gasteiger partial charge in [0.15, 0.2) is 6.10 Å². The van der Waals surface area contributed by atoms with Crippen LogP contribution in [0, 0.1) is 0 Å². The minimum absolute atomic E-state index is 0.0292. The number of nitrogens with two attached hydrogens (primary N) is 1. The Hall–Kier alpha value is -2.87. The van der Waals surface area contributed by atoms with Crippen molar-refractivity contribution in [2.24, 2.45) is 5.73 Å². The smallest absolute Gasteiger partial charge is 0.378 e. The number of nitrogens with one attached hydrogen (secondary N) is 1. The van der Waals surface area contributed by atoms with Crippen molar-refractivity contribution in [3.05, 3.63) is 71.3 Å². The first-order valence-electron chi connectivity index (χ1n) is 7.67. The van der Waals surface area contributed by atoms with E-state index in [1.807, 2.05) is 0 Å². The molecule has 0 heterocycles. The van der Waals surface area contributed by atoms with Crippen molar-refractivity contribution in [3.8, 4) is 0 Å². The highest BCUT2D eigenvalue weighted by molar-refractivity contribution is 5.89. The fourth-order valence-corrected chi connectivity index (χ4v) is 2.33. The van der Waals surface area contributed by atoms with Crippen LogP contribution in [0.15, 0.2) is 54.6 Å². The van der Waals surface area contributed by atoms with Crippen LogP contribution in [-0.2, 0) is 22.2 Å². The molecule has 0 fully saturated rings. The van der Waals surface area contributed by atoms with E-state index in [2.05, 4.69) is 5.32 Å². The van der Waals surface area contributed by atoms with E-state index in [4.69, 9.17) is 5.73 Å². The van der Waals surface area contributed by atoms with Crippen LogP contribution in [0.2, 0.25) is 0 Å². The maximum absolute atomic E-state index is 12.6. The third-order valence-corrected chi connectivity index (χ3v) is 3.74. The van der Waals surface area contributed by atoms with Gasteiger partial charge >= 0.3 is 6.18 Å². The molecule has 8 heteroatoms. The van der Waals surface area contributed by atoms with E-state index >= 15 is 0 Å². The van der Waals surface area contributed by atoms with Gasteiger partial charge in [0.1, 0.15) is 6.04 Å². The van der Waals surface area contributed by atoms with Crippen LogP contribution in [-0.4, -0.2) is 23.0 Å². The lowest BCUT2D eigenvalue weighted by Gasteiger charge is -2.18. The monoisotopic (exact) mass is 366 g/mol. The topological polar surface area (TPSA) is 92.4 Å². The Bertz CT molecular complexity index is 762. The predicted octanol–water partition coefficient (Wildman–Crippen LogP) is 1.95. The number of aliphatic hydroxyl groups is 1. The van der Waals surface area contributed by atoms with E-state index in [1.165, 1.54) is 0 Å². The summed E-state index contributed by atoms with van der Waals surface area (Å²) in [6.45, 7) is 0. The Balaban J connectivity index is 2.07. The molecule has 2 aromatic rings. The molecule has 2 rings (SSSR count). The van der Waals surface area contributed by atoms with Crippen LogP contribution in [0.25, 0.3) is 0 Å². The van der Waals surface area contributed by atoms with Crippen molar-refractivity contribution in [2.45, 2.75) is 24.7 Å². The zero-order chi connectivity index (χ0) is 19.3. The first-order valence-corrected chi connectivity index (χ1v) is 7.67. The van der Waals surface area contributed by atoms with Gasteiger partial charge in [0, 0.05) is 6.42 Å². The number of rotatable bonds is 6. The Morgan fingerprint density at radius 2 is 1.62 bits per heavy atom. The first kappa shape index (κ1) is 19.5. The summed E-state index contributed by atoms with van der Waals surface area (Å²) in [5, 5.41) is 12.4. The molecule has 138 valence electrons. The molecule has 0 bridgehead atoms. The number of carbonyl (C=O) groups excluding carboxylic acids is 2. The number of hydrogen-bond donors (Lipinski definition) is 3. The lowest BCUT2D eigenvalue weighted by atomic mass is 10.0. The highest BCUT2D eigenvalue weighted by Crippen LogP contribution is 2.29. The van der Waals surface area contributed by atoms with Gasteiger partial charge in [0.2, 0.25) is 5.91 Å². The zero-order valence-corrected chi connectivity index (χ0v) is 13.5. The van der Waals surface area contributed by atoms with Gasteiger partial charge in [-0.2, -0.15) is 13.2 Å². The summed E-state index contributed by atoms with van der Waals surface area (Å²) >= 11 is 0. The summed E-state index contributed by atoms with van der Waals surface area (Å²) in [7, 11) is 0. The van der Waals surface area contributed by atoms with E-state index < -0.39 is 35.7 Å². The highest BCUT2D eigenvalue weighted by atomic mass is 19.4. The fourth-order valence-electron chi connectivity index (χ4n) is 2.33. The molecule has 0 aliphatic carbocycles. The van der Waals surface area contributed by atoms with Crippen molar-refractivity contribution in [1.29, 1.82) is 0 Å². The molecule has 0 aliphatic rings. The van der Waals surface area contributed by atoms with Gasteiger partial charge in [0.05, 0.1) is 5.56 Å². The van der Waals surface area contributed by atoms with Gasteiger partial charge in [-0.05, 0) is 23.3 Å². The second kappa shape index (κ2) is 8.01. The van der Waals surface area contributed by atoms with Crippen molar-refractivity contribution in [1.82, 2.24) is 5.32 Å². The number of amides is 2. The molecule has 0 aromatic heterocycles. The molecule has 0 spiro atoms. The van der Waals surface area contributed by atoms with E-state index in [1.54, 1.807) is 30.3 Å². The Morgan fingerprint density at radius 1 is 1.04 bits per heavy atom. The van der Waals surface area contributed by atoms with Crippen LogP contribution in [0.3, 0.4) is 0 Å². The minimum atomic E-state index is -4.52. The third-order valence-electron chi connectivity index (χ3n) is 3.74. The average Bonchev–Trinajstić information content (AvgIpc) is 2.60. The standard InChI is InChI=1S/C18H17F3N2O3/c19-18(20,21)13-8-6-12(7-9-13)15(24)17(26)23-14(16(22)25)10-11-4-2-1-3-5-11/h1-9,14-15,24H,10H2,(H2,22,25)(H,23,26)/t14-,15-/m0/s1. The molecular weight excluding hydrogens is 349 g/mol. The lowest BCUT2D eigenvalue weighted by Crippen LogP contribution is -2.47. The fraction of sp³-hybridized carbons (Fsp3) is 0.222. The van der Waals surface area contributed by atoms with Gasteiger partial charge in [-0.25, -0.2) is 0 Å². The molecule has 0 unspecified atom stereocenters. The number of primary amides is 1. The molecule has 0 radical (unpaired) electrons. The Kier molecular flexibility index (Phi) is 5.99. The van der Waals surface area contributed by atoms with Gasteiger partial charge in [-0.3, -0.25) is 9.59 Å². The van der Waals surface area contributed by atoms with Crippen molar-refractivity contribution in [2.75, 3.05) is 0 Å². The van der Waals surface area contributed by atoms with Crippen molar-refractivity contribution >= 4 is 11.8 Å². The molecule has 0 saturated carbocycles. The second-order valence-electron chi connectivity index (χ2n) is 5.68. The van der Waals surface area contributed by atoms with Gasteiger partial charge in [-0.15, -0.1) is 0 Å². The summed E-state index contributed by atoms with van der Waals surface area (Å²) in [6, 6.07) is 11.3. The normalized spacial score (nSPS) is 13.7. The summed E-state index contributed by atoms with van der Waals surface area (Å²) in [5.74, 6) is -1.72. The largest absolute Gasteiger partial charge is 0.416 e. The number of carbonyl (C=O) groups is 2. The summed E-state index contributed by atoms with van der Waals surface area (Å²) in [6.07, 6.45) is -6.12. The maximum Gasteiger partial charge on any atom is 0.416 e. The Morgan fingerprint density at radius 3 is 2.12 bits per heavy atom. The molecule has 5 nitrogen and oxygen atoms in total. The Labute approximate surface area is 147 Å². The summed E-state index contributed by atoms with van der Waals surface area (Å²) in [5.41, 5.74) is 5.11. The van der Waals surface area contributed by atoms with Crippen molar-refractivity contribution in [3.63, 3.8) is 0 Å². The number of alkyl halides is 3. The molecule has 2 amide bonds. The number of aliphatic hydroxyl groups excluding tert-OH is 1. The van der Waals surface area contributed by atoms with Gasteiger partial charge in [-0.1, -0.05) is 42.5 Å². The average molecular weight is 366 g/mol. The highest BCUT2D eigenvalue weighted by Gasteiger charge is 2.31. The SMILES string of the molecule is NC(=O)[C@H](Cc1ccccc1)NC(=O)[C@@H](O)c1ccc(C(F)(F)F)cc1. The molecule has 2 atom stereocenters.